The molecule has 1 atom stereocenters. The maximum absolute atomic E-state index is 12.3. The summed E-state index contributed by atoms with van der Waals surface area (Å²) in [6.45, 7) is 8.83. The topological polar surface area (TPSA) is 68.8 Å². The van der Waals surface area contributed by atoms with Crippen molar-refractivity contribution in [2.45, 2.75) is 51.4 Å². The Balaban J connectivity index is 0.000000479. The first-order valence-electron chi connectivity index (χ1n) is 12.9. The van der Waals surface area contributed by atoms with Crippen LogP contribution < -0.4 is 15.7 Å². The summed E-state index contributed by atoms with van der Waals surface area (Å²) < 4.78 is 0. The maximum atomic E-state index is 12.3. The van der Waals surface area contributed by atoms with Gasteiger partial charge in [0, 0.05) is 0 Å². The fraction of sp³-hybridized carbons (Fsp3) is 0.242. The van der Waals surface area contributed by atoms with Crippen molar-refractivity contribution in [3.8, 4) is 0 Å². The van der Waals surface area contributed by atoms with E-state index in [4.69, 9.17) is 0 Å². The molecule has 0 spiro atoms. The zero-order valence-corrected chi connectivity index (χ0v) is 22.2. The van der Waals surface area contributed by atoms with Crippen molar-refractivity contribution in [3.05, 3.63) is 144 Å². The fourth-order valence-corrected chi connectivity index (χ4v) is 4.72. The molecule has 0 fully saturated rings. The van der Waals surface area contributed by atoms with Crippen molar-refractivity contribution < 1.29 is 15.2 Å². The molecule has 4 nitrogen and oxygen atoms in total. The molecule has 4 aromatic carbocycles. The first-order valence-corrected chi connectivity index (χ1v) is 12.9. The van der Waals surface area contributed by atoms with Crippen LogP contribution in [0.3, 0.4) is 0 Å². The van der Waals surface area contributed by atoms with E-state index in [0.29, 0.717) is 5.56 Å². The lowest BCUT2D eigenvalue weighted by Gasteiger charge is -2.40. The number of quaternary nitrogens is 1. The lowest BCUT2D eigenvalue weighted by atomic mass is 9.76. The predicted octanol–water partition coefficient (Wildman–Crippen LogP) is 4.43. The van der Waals surface area contributed by atoms with Crippen molar-refractivity contribution in [3.63, 3.8) is 0 Å². The SMILES string of the molecule is CC(C)[NH2+]C(C)C.O=C([O-])[C@@H](NC(c1ccccc1)(c1ccccc1)c1ccccc1)c1ccccc1. The Hall–Kier alpha value is -3.73. The van der Waals surface area contributed by atoms with E-state index >= 15 is 0 Å². The van der Waals surface area contributed by atoms with Gasteiger partial charge in [-0.05, 0) is 49.9 Å². The first-order chi connectivity index (χ1) is 17.8. The van der Waals surface area contributed by atoms with Crippen LogP contribution in [0.1, 0.15) is 56.0 Å². The smallest absolute Gasteiger partial charge is 0.0955 e. The van der Waals surface area contributed by atoms with Gasteiger partial charge in [0.05, 0.1) is 29.6 Å². The summed E-state index contributed by atoms with van der Waals surface area (Å²) in [7, 11) is 0. The molecule has 0 aromatic heterocycles. The van der Waals surface area contributed by atoms with Crippen molar-refractivity contribution in [2.75, 3.05) is 0 Å². The minimum atomic E-state index is -1.17. The van der Waals surface area contributed by atoms with Crippen LogP contribution in [0.25, 0.3) is 0 Å². The quantitative estimate of drug-likeness (QED) is 0.338. The van der Waals surface area contributed by atoms with E-state index in [2.05, 4.69) is 38.3 Å². The number of carbonyl (C=O) groups is 1. The Morgan fingerprint density at radius 3 is 1.22 bits per heavy atom. The van der Waals surface area contributed by atoms with Crippen LogP contribution in [0.4, 0.5) is 0 Å². The van der Waals surface area contributed by atoms with Crippen LogP contribution in [0, 0.1) is 0 Å². The average Bonchev–Trinajstić information content (AvgIpc) is 2.91. The van der Waals surface area contributed by atoms with Gasteiger partial charge >= 0.3 is 0 Å². The number of nitrogens with two attached hydrogens (primary N) is 1. The molecule has 0 amide bonds. The number of carbonyl (C=O) groups excluding carboxylic acids is 1. The Labute approximate surface area is 221 Å². The molecule has 4 aromatic rings. The summed E-state index contributed by atoms with van der Waals surface area (Å²) in [5.41, 5.74) is 2.60. The van der Waals surface area contributed by atoms with Gasteiger partial charge in [-0.25, -0.2) is 0 Å². The standard InChI is InChI=1S/C27H23NO2.C6H15N/c29-26(30)25(21-13-5-1-6-14-21)28-27(22-15-7-2-8-16-22,23-17-9-3-10-18-23)24-19-11-4-12-20-24;1-5(2)7-6(3)4/h1-20,25,28H,(H,29,30);5-7H,1-4H3/t25-;/m0./s1. The van der Waals surface area contributed by atoms with Gasteiger partial charge < -0.3 is 15.2 Å². The molecule has 0 heterocycles. The molecule has 4 rings (SSSR count). The highest BCUT2D eigenvalue weighted by atomic mass is 16.4. The summed E-state index contributed by atoms with van der Waals surface area (Å²) in [5.74, 6) is -1.17. The van der Waals surface area contributed by atoms with Gasteiger partial charge in [0.15, 0.2) is 0 Å². The van der Waals surface area contributed by atoms with E-state index in [-0.39, 0.29) is 0 Å². The van der Waals surface area contributed by atoms with Crippen LogP contribution in [0.5, 0.6) is 0 Å². The van der Waals surface area contributed by atoms with Crippen LogP contribution in [0.2, 0.25) is 0 Å². The third-order valence-corrected chi connectivity index (χ3v) is 6.12. The minimum absolute atomic E-state index is 0.643. The van der Waals surface area contributed by atoms with Gasteiger partial charge in [-0.1, -0.05) is 121 Å². The number of carboxylic acid groups (broad SMARTS) is 1. The summed E-state index contributed by atoms with van der Waals surface area (Å²) in [4.78, 5) is 12.3. The number of benzene rings is 4. The monoisotopic (exact) mass is 494 g/mol. The second-order valence-electron chi connectivity index (χ2n) is 9.84. The largest absolute Gasteiger partial charge is 0.548 e. The number of carboxylic acids is 1. The Kier molecular flexibility index (Phi) is 10.2. The molecule has 192 valence electrons. The second kappa shape index (κ2) is 13.5. The first kappa shape index (κ1) is 27.9. The molecule has 4 heteroatoms. The molecular weight excluding hydrogens is 456 g/mol. The van der Waals surface area contributed by atoms with E-state index in [1.165, 1.54) is 0 Å². The summed E-state index contributed by atoms with van der Waals surface area (Å²) in [6, 6.07) is 39.4. The molecule has 0 unspecified atom stereocenters. The van der Waals surface area contributed by atoms with Gasteiger partial charge in [-0.2, -0.15) is 0 Å². The molecular formula is C33H38N2O2. The highest BCUT2D eigenvalue weighted by molar-refractivity contribution is 5.74. The summed E-state index contributed by atoms with van der Waals surface area (Å²) >= 11 is 0. The molecule has 0 aliphatic carbocycles. The Bertz CT molecular complexity index is 1090. The fourth-order valence-electron chi connectivity index (χ4n) is 4.72. The van der Waals surface area contributed by atoms with Crippen molar-refractivity contribution in [2.24, 2.45) is 0 Å². The normalized spacial score (nSPS) is 12.1. The average molecular weight is 495 g/mol. The van der Waals surface area contributed by atoms with E-state index in [0.717, 1.165) is 28.8 Å². The van der Waals surface area contributed by atoms with Gasteiger partial charge in [0.2, 0.25) is 0 Å². The maximum Gasteiger partial charge on any atom is 0.0955 e. The molecule has 0 saturated carbocycles. The zero-order chi connectivity index (χ0) is 26.7. The molecule has 0 aliphatic heterocycles. The van der Waals surface area contributed by atoms with Crippen LogP contribution >= 0.6 is 0 Å². The number of hydrogen-bond donors (Lipinski definition) is 2. The Morgan fingerprint density at radius 1 is 0.622 bits per heavy atom. The third kappa shape index (κ3) is 7.39. The van der Waals surface area contributed by atoms with Crippen molar-refractivity contribution in [1.29, 1.82) is 0 Å². The van der Waals surface area contributed by atoms with Gasteiger partial charge in [-0.3, -0.25) is 5.32 Å². The predicted molar refractivity (Wildman–Crippen MR) is 149 cm³/mol. The van der Waals surface area contributed by atoms with Gasteiger partial charge in [0.1, 0.15) is 0 Å². The highest BCUT2D eigenvalue weighted by Gasteiger charge is 2.38. The van der Waals surface area contributed by atoms with Crippen molar-refractivity contribution in [1.82, 2.24) is 5.32 Å². The molecule has 3 N–H and O–H groups in total. The number of hydrogen-bond acceptors (Lipinski definition) is 3. The summed E-state index contributed by atoms with van der Waals surface area (Å²) in [5, 5.41) is 18.1. The van der Waals surface area contributed by atoms with Gasteiger partial charge in [-0.15, -0.1) is 0 Å². The van der Waals surface area contributed by atoms with Gasteiger partial charge in [0.25, 0.3) is 0 Å². The van der Waals surface area contributed by atoms with Crippen LogP contribution in [-0.4, -0.2) is 18.1 Å². The number of nitrogens with one attached hydrogen (secondary N) is 1. The number of aliphatic carboxylic acids is 1. The molecule has 37 heavy (non-hydrogen) atoms. The lowest BCUT2D eigenvalue weighted by molar-refractivity contribution is -0.709. The highest BCUT2D eigenvalue weighted by Crippen LogP contribution is 2.38. The molecule has 0 aliphatic rings. The zero-order valence-electron chi connectivity index (χ0n) is 22.2. The molecule has 0 bridgehead atoms. The van der Waals surface area contributed by atoms with E-state index < -0.39 is 17.6 Å². The lowest BCUT2D eigenvalue weighted by Crippen LogP contribution is -2.92. The third-order valence-electron chi connectivity index (χ3n) is 6.12. The summed E-state index contributed by atoms with van der Waals surface area (Å²) in [6.07, 6.45) is 0. The number of rotatable bonds is 9. The molecule has 0 saturated heterocycles. The van der Waals surface area contributed by atoms with Crippen LogP contribution in [-0.2, 0) is 10.3 Å². The molecule has 0 radical (unpaired) electrons. The minimum Gasteiger partial charge on any atom is -0.548 e. The van der Waals surface area contributed by atoms with E-state index in [1.54, 1.807) is 12.1 Å². The van der Waals surface area contributed by atoms with E-state index in [9.17, 15) is 9.90 Å². The Morgan fingerprint density at radius 2 is 0.946 bits per heavy atom. The second-order valence-corrected chi connectivity index (χ2v) is 9.84. The van der Waals surface area contributed by atoms with E-state index in [1.807, 2.05) is 109 Å². The van der Waals surface area contributed by atoms with Crippen LogP contribution in [0.15, 0.2) is 121 Å². The van der Waals surface area contributed by atoms with Crippen molar-refractivity contribution >= 4 is 5.97 Å².